The number of H-pyrrole nitrogens is 1. The molecular weight excluding hydrogens is 373 g/mol. The molecule has 0 aliphatic heterocycles. The van der Waals surface area contributed by atoms with E-state index in [1.54, 1.807) is 0 Å². The zero-order chi connectivity index (χ0) is 19.2. The van der Waals surface area contributed by atoms with E-state index >= 15 is 0 Å². The average molecular weight is 392 g/mol. The summed E-state index contributed by atoms with van der Waals surface area (Å²) in [4.78, 5) is 31.9. The first-order valence-corrected chi connectivity index (χ1v) is 9.12. The molecule has 0 spiro atoms. The van der Waals surface area contributed by atoms with E-state index in [1.165, 1.54) is 10.6 Å². The van der Waals surface area contributed by atoms with Crippen molar-refractivity contribution in [3.63, 3.8) is 0 Å². The lowest BCUT2D eigenvalue weighted by atomic mass is 9.92. The zero-order valence-corrected chi connectivity index (χ0v) is 16.4. The minimum atomic E-state index is -0.731. The van der Waals surface area contributed by atoms with Crippen LogP contribution in [0.3, 0.4) is 0 Å². The molecule has 2 aromatic heterocycles. The second-order valence-corrected chi connectivity index (χ2v) is 7.59. The van der Waals surface area contributed by atoms with Crippen molar-refractivity contribution in [2.45, 2.75) is 39.5 Å². The van der Waals surface area contributed by atoms with Gasteiger partial charge in [-0.05, 0) is 29.0 Å². The van der Waals surface area contributed by atoms with E-state index in [4.69, 9.17) is 23.2 Å². The van der Waals surface area contributed by atoms with Gasteiger partial charge in [-0.15, -0.1) is 0 Å². The van der Waals surface area contributed by atoms with Crippen LogP contribution in [0.15, 0.2) is 33.9 Å². The van der Waals surface area contributed by atoms with E-state index in [0.29, 0.717) is 11.2 Å². The third-order valence-corrected chi connectivity index (χ3v) is 5.01. The number of hydrogen-bond acceptors (Lipinski definition) is 3. The molecule has 0 atom stereocenters. The molecule has 1 aromatic carbocycles. The Hall–Kier alpha value is -2.11. The summed E-state index contributed by atoms with van der Waals surface area (Å²) in [5.41, 5.74) is 1.81. The molecule has 0 bridgehead atoms. The van der Waals surface area contributed by atoms with Gasteiger partial charge in [-0.1, -0.05) is 69.1 Å². The highest BCUT2D eigenvalue weighted by Crippen LogP contribution is 2.32. The summed E-state index contributed by atoms with van der Waals surface area (Å²) in [7, 11) is 0. The zero-order valence-electron chi connectivity index (χ0n) is 14.9. The molecule has 0 saturated carbocycles. The predicted octanol–water partition coefficient (Wildman–Crippen LogP) is 4.63. The lowest BCUT2D eigenvalue weighted by molar-refractivity contribution is 0.797. The van der Waals surface area contributed by atoms with Crippen molar-refractivity contribution < 1.29 is 0 Å². The first-order valence-electron chi connectivity index (χ1n) is 8.36. The van der Waals surface area contributed by atoms with Gasteiger partial charge in [0.15, 0.2) is 5.65 Å². The molecule has 0 unspecified atom stereocenters. The van der Waals surface area contributed by atoms with Gasteiger partial charge in [-0.25, -0.2) is 4.98 Å². The average Bonchev–Trinajstić information content (AvgIpc) is 2.57. The van der Waals surface area contributed by atoms with Crippen LogP contribution < -0.4 is 11.1 Å². The number of pyridine rings is 1. The number of nitrogens with one attached hydrogen (secondary N) is 1. The summed E-state index contributed by atoms with van der Waals surface area (Å²) in [6.07, 6.45) is 0. The molecule has 1 N–H and O–H groups in total. The molecular formula is C19H19Cl2N3O2. The Morgan fingerprint density at radius 1 is 1.04 bits per heavy atom. The lowest BCUT2D eigenvalue weighted by Crippen LogP contribution is -2.37. The lowest BCUT2D eigenvalue weighted by Gasteiger charge is -2.21. The molecule has 0 radical (unpaired) electrons. The number of fused-ring (bicyclic) bond motifs is 1. The maximum absolute atomic E-state index is 12.8. The molecule has 5 nitrogen and oxygen atoms in total. The Kier molecular flexibility index (Phi) is 4.95. The quantitative estimate of drug-likeness (QED) is 0.522. The number of aromatic amines is 1. The fourth-order valence-corrected chi connectivity index (χ4v) is 3.36. The SMILES string of the molecule is CC(C)c1cccc(C(C)C)c1-n1c(=O)c(=O)[nH]c2cc(Cl)c(Cl)nc21. The van der Waals surface area contributed by atoms with Gasteiger partial charge in [-0.2, -0.15) is 0 Å². The molecule has 2 heterocycles. The van der Waals surface area contributed by atoms with Crippen molar-refractivity contribution in [3.05, 3.63) is 66.3 Å². The van der Waals surface area contributed by atoms with Crippen LogP contribution in [0.25, 0.3) is 16.9 Å². The number of nitrogens with zero attached hydrogens (tertiary/aromatic N) is 2. The van der Waals surface area contributed by atoms with Crippen LogP contribution in [0.5, 0.6) is 0 Å². The van der Waals surface area contributed by atoms with Gasteiger partial charge in [0, 0.05) is 0 Å². The Bertz CT molecular complexity index is 1090. The van der Waals surface area contributed by atoms with Crippen LogP contribution in [0.2, 0.25) is 10.2 Å². The van der Waals surface area contributed by atoms with E-state index in [0.717, 1.165) is 11.1 Å². The Morgan fingerprint density at radius 3 is 2.15 bits per heavy atom. The molecule has 26 heavy (non-hydrogen) atoms. The maximum atomic E-state index is 12.8. The highest BCUT2D eigenvalue weighted by Gasteiger charge is 2.21. The Morgan fingerprint density at radius 2 is 1.62 bits per heavy atom. The highest BCUT2D eigenvalue weighted by molar-refractivity contribution is 6.41. The van der Waals surface area contributed by atoms with Crippen molar-refractivity contribution in [2.24, 2.45) is 0 Å². The summed E-state index contributed by atoms with van der Waals surface area (Å²) in [6.45, 7) is 8.17. The predicted molar refractivity (Wildman–Crippen MR) is 106 cm³/mol. The Labute approximate surface area is 160 Å². The van der Waals surface area contributed by atoms with Gasteiger partial charge in [0.05, 0.1) is 16.2 Å². The number of benzene rings is 1. The molecule has 3 rings (SSSR count). The van der Waals surface area contributed by atoms with Crippen LogP contribution in [-0.4, -0.2) is 14.5 Å². The number of aromatic nitrogens is 3. The Balaban J connectivity index is 2.58. The van der Waals surface area contributed by atoms with Gasteiger partial charge in [0.2, 0.25) is 0 Å². The van der Waals surface area contributed by atoms with Gasteiger partial charge < -0.3 is 4.98 Å². The molecule has 0 aliphatic carbocycles. The summed E-state index contributed by atoms with van der Waals surface area (Å²) in [5, 5.41) is 0.286. The molecule has 3 aromatic rings. The number of halogens is 2. The van der Waals surface area contributed by atoms with Crippen molar-refractivity contribution in [1.29, 1.82) is 0 Å². The van der Waals surface area contributed by atoms with E-state index in [1.807, 2.05) is 45.9 Å². The molecule has 136 valence electrons. The third kappa shape index (κ3) is 3.06. The van der Waals surface area contributed by atoms with Crippen LogP contribution >= 0.6 is 23.2 Å². The minimum Gasteiger partial charge on any atom is -0.314 e. The molecule has 0 amide bonds. The fraction of sp³-hybridized carbons (Fsp3) is 0.316. The van der Waals surface area contributed by atoms with E-state index in [9.17, 15) is 9.59 Å². The largest absolute Gasteiger partial charge is 0.322 e. The smallest absolute Gasteiger partial charge is 0.314 e. The third-order valence-electron chi connectivity index (χ3n) is 4.34. The van der Waals surface area contributed by atoms with Crippen molar-refractivity contribution in [3.8, 4) is 5.69 Å². The van der Waals surface area contributed by atoms with E-state index in [2.05, 4.69) is 9.97 Å². The monoisotopic (exact) mass is 391 g/mol. The summed E-state index contributed by atoms with van der Waals surface area (Å²) < 4.78 is 1.36. The van der Waals surface area contributed by atoms with Gasteiger partial charge >= 0.3 is 11.1 Å². The highest BCUT2D eigenvalue weighted by atomic mass is 35.5. The number of para-hydroxylation sites is 1. The van der Waals surface area contributed by atoms with Crippen LogP contribution in [0, 0.1) is 0 Å². The fourth-order valence-electron chi connectivity index (χ4n) is 3.07. The topological polar surface area (TPSA) is 67.8 Å². The first kappa shape index (κ1) is 18.7. The van der Waals surface area contributed by atoms with Crippen molar-refractivity contribution >= 4 is 34.4 Å². The molecule has 7 heteroatoms. The summed E-state index contributed by atoms with van der Waals surface area (Å²) in [5.74, 6) is 0.292. The van der Waals surface area contributed by atoms with E-state index in [-0.39, 0.29) is 27.7 Å². The maximum Gasteiger partial charge on any atom is 0.322 e. The second kappa shape index (κ2) is 6.89. The summed E-state index contributed by atoms with van der Waals surface area (Å²) >= 11 is 12.1. The normalized spacial score (nSPS) is 11.7. The second-order valence-electron chi connectivity index (χ2n) is 6.82. The van der Waals surface area contributed by atoms with E-state index < -0.39 is 11.1 Å². The van der Waals surface area contributed by atoms with Crippen molar-refractivity contribution in [2.75, 3.05) is 0 Å². The first-order chi connectivity index (χ1) is 12.2. The summed E-state index contributed by atoms with van der Waals surface area (Å²) in [6, 6.07) is 7.40. The van der Waals surface area contributed by atoms with Gasteiger partial charge in [-0.3, -0.25) is 14.2 Å². The number of rotatable bonds is 3. The van der Waals surface area contributed by atoms with Crippen LogP contribution in [0.4, 0.5) is 0 Å². The van der Waals surface area contributed by atoms with Gasteiger partial charge in [0.1, 0.15) is 5.15 Å². The van der Waals surface area contributed by atoms with Gasteiger partial charge in [0.25, 0.3) is 0 Å². The van der Waals surface area contributed by atoms with Crippen LogP contribution in [-0.2, 0) is 0 Å². The number of hydrogen-bond donors (Lipinski definition) is 1. The standard InChI is InChI=1S/C19H19Cl2N3O2/c1-9(2)11-6-5-7-12(10(3)4)15(11)24-17-14(22-18(25)19(24)26)8-13(20)16(21)23-17/h5-10H,1-4H3,(H,22,25). The van der Waals surface area contributed by atoms with Crippen molar-refractivity contribution in [1.82, 2.24) is 14.5 Å². The molecule has 0 aliphatic rings. The van der Waals surface area contributed by atoms with Crippen LogP contribution in [0.1, 0.15) is 50.7 Å². The molecule has 0 fully saturated rings. The minimum absolute atomic E-state index is 0.0764. The molecule has 0 saturated heterocycles.